The zero-order valence-electron chi connectivity index (χ0n) is 7.85. The molecule has 0 aliphatic heterocycles. The summed E-state index contributed by atoms with van der Waals surface area (Å²) in [5, 5.41) is 0. The maximum Gasteiger partial charge on any atom is 0.149 e. The lowest BCUT2D eigenvalue weighted by molar-refractivity contribution is -0.118. The molecule has 1 aromatic carbocycles. The third-order valence-corrected chi connectivity index (χ3v) is 1.78. The molecule has 72 valence electrons. The Morgan fingerprint density at radius 2 is 2.14 bits per heavy atom. The first kappa shape index (κ1) is 10.5. The lowest BCUT2D eigenvalue weighted by Gasteiger charge is -2.08. The molecule has 0 N–H and O–H groups in total. The summed E-state index contributed by atoms with van der Waals surface area (Å²) in [6.45, 7) is 0.423. The Morgan fingerprint density at radius 1 is 1.43 bits per heavy atom. The van der Waals surface area contributed by atoms with Gasteiger partial charge in [0, 0.05) is 6.42 Å². The van der Waals surface area contributed by atoms with Crippen LogP contribution in [-0.4, -0.2) is 12.4 Å². The molecular formula is C12H12O2. The van der Waals surface area contributed by atoms with Gasteiger partial charge in [-0.2, -0.15) is 0 Å². The van der Waals surface area contributed by atoms with Gasteiger partial charge in [0.1, 0.15) is 12.4 Å². The summed E-state index contributed by atoms with van der Waals surface area (Å²) in [4.78, 5) is 10.5. The van der Waals surface area contributed by atoms with Crippen LogP contribution in [0.5, 0.6) is 0 Å². The van der Waals surface area contributed by atoms with Gasteiger partial charge in [-0.05, 0) is 5.56 Å². The Bertz CT molecular complexity index is 311. The predicted octanol–water partition coefficient (Wildman–Crippen LogP) is 1.79. The molecule has 2 nitrogen and oxygen atoms in total. The number of terminal acetylenes is 1. The highest BCUT2D eigenvalue weighted by atomic mass is 16.5. The van der Waals surface area contributed by atoms with Gasteiger partial charge in [-0.15, -0.1) is 12.3 Å². The van der Waals surface area contributed by atoms with Gasteiger partial charge < -0.3 is 9.53 Å². The van der Waals surface area contributed by atoms with Gasteiger partial charge in [0.05, 0.1) is 6.61 Å². The second-order valence-electron chi connectivity index (χ2n) is 2.88. The summed E-state index contributed by atoms with van der Waals surface area (Å²) in [6, 6.07) is 9.67. The van der Waals surface area contributed by atoms with E-state index in [1.165, 1.54) is 0 Å². The van der Waals surface area contributed by atoms with E-state index in [0.717, 1.165) is 11.8 Å². The van der Waals surface area contributed by atoms with Gasteiger partial charge in [-0.3, -0.25) is 0 Å². The van der Waals surface area contributed by atoms with Crippen LogP contribution in [0.3, 0.4) is 0 Å². The van der Waals surface area contributed by atoms with Crippen molar-refractivity contribution in [2.45, 2.75) is 19.1 Å². The Labute approximate surface area is 83.9 Å². The largest absolute Gasteiger partial charge is 0.365 e. The average Bonchev–Trinajstić information content (AvgIpc) is 2.25. The number of rotatable bonds is 5. The summed E-state index contributed by atoms with van der Waals surface area (Å²) >= 11 is 0. The monoisotopic (exact) mass is 188 g/mol. The third kappa shape index (κ3) is 3.42. The Balaban J connectivity index is 2.40. The molecule has 0 heterocycles. The van der Waals surface area contributed by atoms with Crippen LogP contribution in [0.15, 0.2) is 30.3 Å². The van der Waals surface area contributed by atoms with Crippen LogP contribution in [0.25, 0.3) is 0 Å². The van der Waals surface area contributed by atoms with Crippen molar-refractivity contribution in [3.8, 4) is 12.3 Å². The van der Waals surface area contributed by atoms with Crippen molar-refractivity contribution in [3.05, 3.63) is 35.9 Å². The summed E-state index contributed by atoms with van der Waals surface area (Å²) in [5.41, 5.74) is 1.04. The lowest BCUT2D eigenvalue weighted by atomic mass is 10.2. The standard InChI is InChI=1S/C12H12O2/c1-2-6-12(9-13)14-10-11-7-4-3-5-8-11/h1,3-5,7-9,12H,6,10H2. The Morgan fingerprint density at radius 3 is 2.71 bits per heavy atom. The van der Waals surface area contributed by atoms with E-state index in [4.69, 9.17) is 11.2 Å². The number of carbonyl (C=O) groups excluding carboxylic acids is 1. The Hall–Kier alpha value is -1.59. The van der Waals surface area contributed by atoms with Crippen LogP contribution in [0, 0.1) is 12.3 Å². The van der Waals surface area contributed by atoms with Crippen molar-refractivity contribution in [3.63, 3.8) is 0 Å². The van der Waals surface area contributed by atoms with Gasteiger partial charge >= 0.3 is 0 Å². The molecule has 0 aliphatic carbocycles. The van der Waals surface area contributed by atoms with E-state index < -0.39 is 6.10 Å². The normalized spacial score (nSPS) is 11.6. The summed E-state index contributed by atoms with van der Waals surface area (Å²) in [5.74, 6) is 2.40. The first-order valence-corrected chi connectivity index (χ1v) is 4.41. The third-order valence-electron chi connectivity index (χ3n) is 1.78. The van der Waals surface area contributed by atoms with Crippen LogP contribution in [0.4, 0.5) is 0 Å². The average molecular weight is 188 g/mol. The first-order valence-electron chi connectivity index (χ1n) is 4.41. The first-order chi connectivity index (χ1) is 6.86. The second-order valence-corrected chi connectivity index (χ2v) is 2.88. The predicted molar refractivity (Wildman–Crippen MR) is 54.5 cm³/mol. The molecule has 0 fully saturated rings. The molecule has 0 bridgehead atoms. The fourth-order valence-electron chi connectivity index (χ4n) is 1.04. The van der Waals surface area contributed by atoms with E-state index in [1.54, 1.807) is 0 Å². The molecular weight excluding hydrogens is 176 g/mol. The summed E-state index contributed by atoms with van der Waals surface area (Å²) in [6.07, 6.45) is 5.67. The second kappa shape index (κ2) is 5.95. The molecule has 0 radical (unpaired) electrons. The van der Waals surface area contributed by atoms with Gasteiger partial charge in [-0.1, -0.05) is 30.3 Å². The van der Waals surface area contributed by atoms with E-state index >= 15 is 0 Å². The van der Waals surface area contributed by atoms with E-state index in [1.807, 2.05) is 30.3 Å². The number of hydrogen-bond acceptors (Lipinski definition) is 2. The number of aldehydes is 1. The minimum absolute atomic E-state index is 0.330. The molecule has 0 spiro atoms. The molecule has 1 atom stereocenters. The van der Waals surface area contributed by atoms with Crippen LogP contribution >= 0.6 is 0 Å². The molecule has 1 unspecified atom stereocenters. The number of carbonyl (C=O) groups is 1. The smallest absolute Gasteiger partial charge is 0.149 e. The highest BCUT2D eigenvalue weighted by Crippen LogP contribution is 2.03. The molecule has 2 heteroatoms. The zero-order chi connectivity index (χ0) is 10.2. The molecule has 0 saturated carbocycles. The fraction of sp³-hybridized carbons (Fsp3) is 0.250. The van der Waals surface area contributed by atoms with Crippen molar-refractivity contribution in [1.29, 1.82) is 0 Å². The van der Waals surface area contributed by atoms with E-state index in [-0.39, 0.29) is 0 Å². The quantitative estimate of drug-likeness (QED) is 0.520. The molecule has 0 saturated heterocycles. The van der Waals surface area contributed by atoms with Crippen LogP contribution < -0.4 is 0 Å². The minimum Gasteiger partial charge on any atom is -0.365 e. The maximum atomic E-state index is 10.5. The zero-order valence-corrected chi connectivity index (χ0v) is 7.85. The number of hydrogen-bond donors (Lipinski definition) is 0. The molecule has 0 amide bonds. The van der Waals surface area contributed by atoms with Crippen LogP contribution in [0.2, 0.25) is 0 Å². The highest BCUT2D eigenvalue weighted by molar-refractivity contribution is 5.56. The van der Waals surface area contributed by atoms with Crippen molar-refractivity contribution in [1.82, 2.24) is 0 Å². The molecule has 0 aromatic heterocycles. The molecule has 14 heavy (non-hydrogen) atoms. The van der Waals surface area contributed by atoms with E-state index in [9.17, 15) is 4.79 Å². The SMILES string of the molecule is C#CCC(C=O)OCc1ccccc1. The van der Waals surface area contributed by atoms with E-state index in [0.29, 0.717) is 13.0 Å². The van der Waals surface area contributed by atoms with Crippen molar-refractivity contribution < 1.29 is 9.53 Å². The minimum atomic E-state index is -0.486. The topological polar surface area (TPSA) is 26.3 Å². The summed E-state index contributed by atoms with van der Waals surface area (Å²) < 4.78 is 5.31. The molecule has 1 aromatic rings. The number of ether oxygens (including phenoxy) is 1. The van der Waals surface area contributed by atoms with Crippen molar-refractivity contribution in [2.24, 2.45) is 0 Å². The molecule has 0 aliphatic rings. The van der Waals surface area contributed by atoms with Crippen LogP contribution in [-0.2, 0) is 16.1 Å². The van der Waals surface area contributed by atoms with Gasteiger partial charge in [0.2, 0.25) is 0 Å². The Kier molecular flexibility index (Phi) is 4.46. The van der Waals surface area contributed by atoms with Gasteiger partial charge in [0.15, 0.2) is 0 Å². The number of benzene rings is 1. The molecule has 1 rings (SSSR count). The van der Waals surface area contributed by atoms with Crippen LogP contribution in [0.1, 0.15) is 12.0 Å². The van der Waals surface area contributed by atoms with Gasteiger partial charge in [0.25, 0.3) is 0 Å². The van der Waals surface area contributed by atoms with Crippen molar-refractivity contribution >= 4 is 6.29 Å². The van der Waals surface area contributed by atoms with Gasteiger partial charge in [-0.25, -0.2) is 0 Å². The summed E-state index contributed by atoms with van der Waals surface area (Å²) in [7, 11) is 0. The van der Waals surface area contributed by atoms with Crippen molar-refractivity contribution in [2.75, 3.05) is 0 Å². The lowest BCUT2D eigenvalue weighted by Crippen LogP contribution is -2.13. The highest BCUT2D eigenvalue weighted by Gasteiger charge is 2.04. The maximum absolute atomic E-state index is 10.5. The van der Waals surface area contributed by atoms with E-state index in [2.05, 4.69) is 5.92 Å². The fourth-order valence-corrected chi connectivity index (χ4v) is 1.04.